The van der Waals surface area contributed by atoms with Gasteiger partial charge in [0, 0.05) is 11.7 Å². The van der Waals surface area contributed by atoms with E-state index in [2.05, 4.69) is 33.4 Å². The van der Waals surface area contributed by atoms with E-state index in [-0.39, 0.29) is 0 Å². The second-order valence-electron chi connectivity index (χ2n) is 3.69. The first kappa shape index (κ1) is 10.4. The van der Waals surface area contributed by atoms with Crippen molar-refractivity contribution in [2.75, 3.05) is 12.4 Å². The minimum absolute atomic E-state index is 0.299. The third-order valence-electron chi connectivity index (χ3n) is 2.37. The molecule has 1 fully saturated rings. The van der Waals surface area contributed by atoms with Crippen LogP contribution in [-0.2, 0) is 9.47 Å². The summed E-state index contributed by atoms with van der Waals surface area (Å²) in [6.07, 6.45) is 1.29. The smallest absolute Gasteiger partial charge is 0.179 e. The largest absolute Gasteiger partial charge is 0.349 e. The predicted molar refractivity (Wildman–Crippen MR) is 52.5 cm³/mol. The van der Waals surface area contributed by atoms with Gasteiger partial charge in [0.15, 0.2) is 5.79 Å². The van der Waals surface area contributed by atoms with Crippen LogP contribution in [0.25, 0.3) is 0 Å². The molecule has 0 N–H and O–H groups in total. The van der Waals surface area contributed by atoms with Crippen molar-refractivity contribution in [1.82, 2.24) is 0 Å². The van der Waals surface area contributed by atoms with E-state index >= 15 is 0 Å². The third-order valence-corrected chi connectivity index (χ3v) is 2.81. The zero-order valence-corrected chi connectivity index (χ0v) is 8.93. The molecule has 1 aliphatic rings. The molecule has 1 aliphatic heterocycles. The maximum atomic E-state index is 5.79. The SMILES string of the molecule is CC1CCOC(CS)(C(C)C)O1. The lowest BCUT2D eigenvalue weighted by Crippen LogP contribution is -2.49. The van der Waals surface area contributed by atoms with Gasteiger partial charge >= 0.3 is 0 Å². The van der Waals surface area contributed by atoms with Crippen LogP contribution in [0.2, 0.25) is 0 Å². The van der Waals surface area contributed by atoms with Crippen molar-refractivity contribution in [3.05, 3.63) is 0 Å². The molecule has 0 aromatic rings. The Kier molecular flexibility index (Phi) is 3.44. The number of hydrogen-bond acceptors (Lipinski definition) is 3. The Labute approximate surface area is 80.0 Å². The molecule has 0 aliphatic carbocycles. The minimum Gasteiger partial charge on any atom is -0.349 e. The van der Waals surface area contributed by atoms with Crippen LogP contribution >= 0.6 is 12.6 Å². The Bertz CT molecular complexity index is 149. The molecular weight excluding hydrogens is 172 g/mol. The van der Waals surface area contributed by atoms with Crippen LogP contribution in [0.1, 0.15) is 27.2 Å². The number of thiol groups is 1. The van der Waals surface area contributed by atoms with Gasteiger partial charge in [0.25, 0.3) is 0 Å². The second-order valence-corrected chi connectivity index (χ2v) is 4.01. The normalized spacial score (nSPS) is 37.2. The molecule has 12 heavy (non-hydrogen) atoms. The van der Waals surface area contributed by atoms with Crippen molar-refractivity contribution in [2.45, 2.75) is 39.1 Å². The van der Waals surface area contributed by atoms with Gasteiger partial charge in [-0.25, -0.2) is 0 Å². The molecule has 72 valence electrons. The van der Waals surface area contributed by atoms with E-state index < -0.39 is 5.79 Å². The summed E-state index contributed by atoms with van der Waals surface area (Å²) in [4.78, 5) is 0. The first-order valence-corrected chi connectivity index (χ1v) is 5.16. The maximum Gasteiger partial charge on any atom is 0.179 e. The van der Waals surface area contributed by atoms with E-state index in [0.29, 0.717) is 17.8 Å². The van der Waals surface area contributed by atoms with Crippen molar-refractivity contribution in [3.63, 3.8) is 0 Å². The molecule has 0 radical (unpaired) electrons. The molecule has 2 nitrogen and oxygen atoms in total. The van der Waals surface area contributed by atoms with Crippen LogP contribution in [0.5, 0.6) is 0 Å². The first-order valence-electron chi connectivity index (χ1n) is 4.53. The van der Waals surface area contributed by atoms with Crippen LogP contribution in [-0.4, -0.2) is 24.3 Å². The first-order chi connectivity index (χ1) is 5.60. The van der Waals surface area contributed by atoms with E-state index in [1.165, 1.54) is 0 Å². The lowest BCUT2D eigenvalue weighted by Gasteiger charge is -2.42. The summed E-state index contributed by atoms with van der Waals surface area (Å²) < 4.78 is 11.4. The molecule has 1 saturated heterocycles. The summed E-state index contributed by atoms with van der Waals surface area (Å²) in [6, 6.07) is 0. The Morgan fingerprint density at radius 1 is 1.58 bits per heavy atom. The molecule has 0 amide bonds. The highest BCUT2D eigenvalue weighted by atomic mass is 32.1. The highest BCUT2D eigenvalue weighted by molar-refractivity contribution is 7.80. The molecule has 2 atom stereocenters. The van der Waals surface area contributed by atoms with Gasteiger partial charge in [0.1, 0.15) is 0 Å². The van der Waals surface area contributed by atoms with Crippen LogP contribution in [0.15, 0.2) is 0 Å². The maximum absolute atomic E-state index is 5.79. The molecule has 0 bridgehead atoms. The molecule has 2 unspecified atom stereocenters. The third kappa shape index (κ3) is 1.95. The van der Waals surface area contributed by atoms with E-state index in [4.69, 9.17) is 9.47 Å². The van der Waals surface area contributed by atoms with E-state index in [1.54, 1.807) is 0 Å². The molecule has 0 spiro atoms. The van der Waals surface area contributed by atoms with Crippen molar-refractivity contribution >= 4 is 12.6 Å². The second kappa shape index (κ2) is 3.99. The van der Waals surface area contributed by atoms with Crippen LogP contribution in [0, 0.1) is 5.92 Å². The summed E-state index contributed by atoms with van der Waals surface area (Å²) in [5.41, 5.74) is 0. The zero-order valence-electron chi connectivity index (χ0n) is 8.04. The molecule has 0 aromatic carbocycles. The summed E-state index contributed by atoms with van der Waals surface area (Å²) in [7, 11) is 0. The van der Waals surface area contributed by atoms with Gasteiger partial charge < -0.3 is 9.47 Å². The number of rotatable bonds is 2. The Morgan fingerprint density at radius 3 is 2.58 bits per heavy atom. The van der Waals surface area contributed by atoms with Crippen LogP contribution < -0.4 is 0 Å². The average molecular weight is 190 g/mol. The summed E-state index contributed by atoms with van der Waals surface area (Å²) in [6.45, 7) is 7.09. The van der Waals surface area contributed by atoms with Crippen LogP contribution in [0.3, 0.4) is 0 Å². The minimum atomic E-state index is -0.444. The van der Waals surface area contributed by atoms with Gasteiger partial charge in [-0.2, -0.15) is 12.6 Å². The van der Waals surface area contributed by atoms with Gasteiger partial charge in [-0.05, 0) is 13.3 Å². The molecule has 1 heterocycles. The molecular formula is C9H18O2S. The molecule has 0 saturated carbocycles. The van der Waals surface area contributed by atoms with Gasteiger partial charge in [-0.1, -0.05) is 13.8 Å². The highest BCUT2D eigenvalue weighted by Crippen LogP contribution is 2.31. The standard InChI is InChI=1S/C9H18O2S/c1-7(2)9(6-12)10-5-4-8(3)11-9/h7-8,12H,4-6H2,1-3H3. The number of ether oxygens (including phenoxy) is 2. The van der Waals surface area contributed by atoms with Crippen molar-refractivity contribution < 1.29 is 9.47 Å². The molecule has 1 rings (SSSR count). The number of hydrogen-bond donors (Lipinski definition) is 1. The lowest BCUT2D eigenvalue weighted by atomic mass is 10.0. The predicted octanol–water partition coefficient (Wildman–Crippen LogP) is 2.09. The van der Waals surface area contributed by atoms with Gasteiger partial charge in [-0.15, -0.1) is 0 Å². The molecule has 3 heteroatoms. The van der Waals surface area contributed by atoms with Gasteiger partial charge in [0.2, 0.25) is 0 Å². The highest BCUT2D eigenvalue weighted by Gasteiger charge is 2.38. The Balaban J connectivity index is 2.64. The van der Waals surface area contributed by atoms with Crippen molar-refractivity contribution in [1.29, 1.82) is 0 Å². The zero-order chi connectivity index (χ0) is 9.19. The summed E-state index contributed by atoms with van der Waals surface area (Å²) in [5, 5.41) is 0. The summed E-state index contributed by atoms with van der Waals surface area (Å²) >= 11 is 4.28. The Hall–Kier alpha value is 0.270. The topological polar surface area (TPSA) is 18.5 Å². The van der Waals surface area contributed by atoms with E-state index in [1.807, 2.05) is 0 Å². The quantitative estimate of drug-likeness (QED) is 0.672. The van der Waals surface area contributed by atoms with E-state index in [0.717, 1.165) is 13.0 Å². The fraction of sp³-hybridized carbons (Fsp3) is 1.00. The monoisotopic (exact) mass is 190 g/mol. The Morgan fingerprint density at radius 2 is 2.25 bits per heavy atom. The summed E-state index contributed by atoms with van der Waals surface area (Å²) in [5.74, 6) is 0.549. The van der Waals surface area contributed by atoms with Crippen LogP contribution in [0.4, 0.5) is 0 Å². The fourth-order valence-electron chi connectivity index (χ4n) is 1.40. The fourth-order valence-corrected chi connectivity index (χ4v) is 1.93. The average Bonchev–Trinajstić information content (AvgIpc) is 2.04. The van der Waals surface area contributed by atoms with Crippen molar-refractivity contribution in [3.8, 4) is 0 Å². The van der Waals surface area contributed by atoms with Crippen molar-refractivity contribution in [2.24, 2.45) is 5.92 Å². The van der Waals surface area contributed by atoms with Gasteiger partial charge in [-0.3, -0.25) is 0 Å². The lowest BCUT2D eigenvalue weighted by molar-refractivity contribution is -0.296. The molecule has 0 aromatic heterocycles. The van der Waals surface area contributed by atoms with Gasteiger partial charge in [0.05, 0.1) is 12.7 Å². The van der Waals surface area contributed by atoms with E-state index in [9.17, 15) is 0 Å².